The minimum atomic E-state index is -0.735. The number of hydrogen-bond donors (Lipinski definition) is 2. The average Bonchev–Trinajstić information content (AvgIpc) is 2.87. The molecule has 110 valence electrons. The number of nitrogens with one attached hydrogen (secondary N) is 1. The second-order valence-electron chi connectivity index (χ2n) is 5.62. The van der Waals surface area contributed by atoms with Crippen LogP contribution in [0.15, 0.2) is 24.3 Å². The number of carbonyl (C=O) groups is 1. The number of carboxylic acids is 1. The molecule has 0 bridgehead atoms. The monoisotopic (exact) mass is 276 g/mol. The molecule has 2 N–H and O–H groups in total. The molecule has 1 aromatic carbocycles. The number of likely N-dealkylation sites (N-methyl/N-ethyl adjacent to an activating group) is 1. The molecule has 2 rings (SSSR count). The van der Waals surface area contributed by atoms with Crippen LogP contribution in [0.5, 0.6) is 0 Å². The second-order valence-corrected chi connectivity index (χ2v) is 5.62. The van der Waals surface area contributed by atoms with Crippen LogP contribution in [0.4, 0.5) is 5.69 Å². The van der Waals surface area contributed by atoms with E-state index in [0.717, 1.165) is 19.5 Å². The Bertz CT molecular complexity index is 462. The van der Waals surface area contributed by atoms with E-state index in [1.807, 2.05) is 6.92 Å². The number of rotatable bonds is 6. The minimum absolute atomic E-state index is 0.414. The predicted octanol–water partition coefficient (Wildman–Crippen LogP) is 2.27. The van der Waals surface area contributed by atoms with Crippen molar-refractivity contribution >= 4 is 11.7 Å². The summed E-state index contributed by atoms with van der Waals surface area (Å²) in [5.41, 5.74) is 2.52. The minimum Gasteiger partial charge on any atom is -0.480 e. The molecule has 2 atom stereocenters. The third kappa shape index (κ3) is 3.73. The van der Waals surface area contributed by atoms with Crippen molar-refractivity contribution in [2.24, 2.45) is 5.92 Å². The molecule has 1 saturated heterocycles. The summed E-state index contributed by atoms with van der Waals surface area (Å²) in [6, 6.07) is 8.09. The highest BCUT2D eigenvalue weighted by Gasteiger charge is 2.27. The summed E-state index contributed by atoms with van der Waals surface area (Å²) in [5, 5.41) is 12.3. The van der Waals surface area contributed by atoms with Gasteiger partial charge >= 0.3 is 5.97 Å². The van der Waals surface area contributed by atoms with Crippen LogP contribution in [-0.4, -0.2) is 36.8 Å². The number of aryl methyl sites for hydroxylation is 1. The Balaban J connectivity index is 1.93. The fourth-order valence-corrected chi connectivity index (χ4v) is 2.94. The quantitative estimate of drug-likeness (QED) is 0.837. The highest BCUT2D eigenvalue weighted by atomic mass is 16.4. The maximum atomic E-state index is 11.2. The van der Waals surface area contributed by atoms with E-state index in [-0.39, 0.29) is 0 Å². The normalized spacial score (nSPS) is 20.1. The summed E-state index contributed by atoms with van der Waals surface area (Å²) in [7, 11) is 0. The summed E-state index contributed by atoms with van der Waals surface area (Å²) in [6.07, 6.45) is 1.79. The van der Waals surface area contributed by atoms with Gasteiger partial charge in [0.05, 0.1) is 0 Å². The molecule has 0 radical (unpaired) electrons. The third-order valence-corrected chi connectivity index (χ3v) is 3.97. The van der Waals surface area contributed by atoms with Crippen LogP contribution in [-0.2, 0) is 4.79 Å². The van der Waals surface area contributed by atoms with Gasteiger partial charge in [-0.2, -0.15) is 0 Å². The number of carboxylic acid groups (broad SMARTS) is 1. The lowest BCUT2D eigenvalue weighted by Gasteiger charge is -2.21. The Hall–Kier alpha value is -1.55. The van der Waals surface area contributed by atoms with Crippen LogP contribution in [0.1, 0.15) is 25.3 Å². The molecule has 0 saturated carbocycles. The fraction of sp³-hybridized carbons (Fsp3) is 0.562. The van der Waals surface area contributed by atoms with Gasteiger partial charge in [-0.3, -0.25) is 4.79 Å². The van der Waals surface area contributed by atoms with Crippen molar-refractivity contribution in [3.05, 3.63) is 29.8 Å². The van der Waals surface area contributed by atoms with Gasteiger partial charge in [0.2, 0.25) is 0 Å². The Morgan fingerprint density at radius 3 is 3.00 bits per heavy atom. The number of benzene rings is 1. The van der Waals surface area contributed by atoms with Gasteiger partial charge < -0.3 is 15.3 Å². The van der Waals surface area contributed by atoms with Crippen molar-refractivity contribution in [2.75, 3.05) is 24.5 Å². The summed E-state index contributed by atoms with van der Waals surface area (Å²) < 4.78 is 0. The number of anilines is 1. The van der Waals surface area contributed by atoms with Crippen LogP contribution >= 0.6 is 0 Å². The third-order valence-electron chi connectivity index (χ3n) is 3.97. The Kier molecular flexibility index (Phi) is 5.01. The lowest BCUT2D eigenvalue weighted by atomic mass is 9.99. The molecule has 1 aliphatic rings. The first-order valence-corrected chi connectivity index (χ1v) is 7.38. The molecule has 2 unspecified atom stereocenters. The molecule has 0 aromatic heterocycles. The predicted molar refractivity (Wildman–Crippen MR) is 81.2 cm³/mol. The fourth-order valence-electron chi connectivity index (χ4n) is 2.94. The summed E-state index contributed by atoms with van der Waals surface area (Å²) in [6.45, 7) is 6.73. The van der Waals surface area contributed by atoms with E-state index < -0.39 is 12.0 Å². The van der Waals surface area contributed by atoms with Crippen LogP contribution in [0.25, 0.3) is 0 Å². The van der Waals surface area contributed by atoms with Crippen molar-refractivity contribution in [1.29, 1.82) is 0 Å². The van der Waals surface area contributed by atoms with Crippen LogP contribution < -0.4 is 10.2 Å². The Labute approximate surface area is 120 Å². The van der Waals surface area contributed by atoms with Crippen molar-refractivity contribution in [3.8, 4) is 0 Å². The molecular formula is C16H24N2O2. The molecule has 20 heavy (non-hydrogen) atoms. The van der Waals surface area contributed by atoms with Gasteiger partial charge in [-0.25, -0.2) is 0 Å². The molecule has 1 fully saturated rings. The van der Waals surface area contributed by atoms with Crippen molar-refractivity contribution < 1.29 is 9.90 Å². The van der Waals surface area contributed by atoms with Crippen molar-refractivity contribution in [2.45, 2.75) is 32.7 Å². The highest BCUT2D eigenvalue weighted by molar-refractivity contribution is 5.73. The SMILES string of the molecule is CCNC(CC1CCN(c2cccc(C)c2)C1)C(=O)O. The highest BCUT2D eigenvalue weighted by Crippen LogP contribution is 2.27. The summed E-state index contributed by atoms with van der Waals surface area (Å²) in [4.78, 5) is 13.6. The van der Waals surface area contributed by atoms with Gasteiger partial charge in [-0.15, -0.1) is 0 Å². The standard InChI is InChI=1S/C16H24N2O2/c1-3-17-15(16(19)20)10-13-7-8-18(11-13)14-6-4-5-12(2)9-14/h4-6,9,13,15,17H,3,7-8,10-11H2,1-2H3,(H,19,20). The molecule has 0 spiro atoms. The van der Waals surface area contributed by atoms with Crippen LogP contribution in [0.3, 0.4) is 0 Å². The smallest absolute Gasteiger partial charge is 0.320 e. The molecule has 4 heteroatoms. The zero-order chi connectivity index (χ0) is 14.5. The molecule has 1 aliphatic heterocycles. The van der Waals surface area contributed by atoms with Crippen molar-refractivity contribution in [3.63, 3.8) is 0 Å². The van der Waals surface area contributed by atoms with E-state index >= 15 is 0 Å². The largest absolute Gasteiger partial charge is 0.480 e. The van der Waals surface area contributed by atoms with E-state index in [1.54, 1.807) is 0 Å². The first-order valence-electron chi connectivity index (χ1n) is 7.38. The number of hydrogen-bond acceptors (Lipinski definition) is 3. The first kappa shape index (κ1) is 14.9. The molecular weight excluding hydrogens is 252 g/mol. The van der Waals surface area contributed by atoms with Crippen LogP contribution in [0, 0.1) is 12.8 Å². The molecule has 1 heterocycles. The molecule has 4 nitrogen and oxygen atoms in total. The topological polar surface area (TPSA) is 52.6 Å². The zero-order valence-electron chi connectivity index (χ0n) is 12.3. The van der Waals surface area contributed by atoms with Crippen molar-refractivity contribution in [1.82, 2.24) is 5.32 Å². The van der Waals surface area contributed by atoms with Gasteiger partial charge in [0.1, 0.15) is 6.04 Å². The van der Waals surface area contributed by atoms with E-state index in [4.69, 9.17) is 0 Å². The van der Waals surface area contributed by atoms with Gasteiger partial charge in [-0.1, -0.05) is 19.1 Å². The number of aliphatic carboxylic acids is 1. The lowest BCUT2D eigenvalue weighted by molar-refractivity contribution is -0.139. The molecule has 0 aliphatic carbocycles. The second kappa shape index (κ2) is 6.75. The molecule has 0 amide bonds. The number of nitrogens with zero attached hydrogens (tertiary/aromatic N) is 1. The van der Waals surface area contributed by atoms with Gasteiger partial charge in [0.15, 0.2) is 0 Å². The lowest BCUT2D eigenvalue weighted by Crippen LogP contribution is -2.38. The molecule has 1 aromatic rings. The Morgan fingerprint density at radius 1 is 1.55 bits per heavy atom. The maximum absolute atomic E-state index is 11.2. The van der Waals surface area contributed by atoms with E-state index in [1.165, 1.54) is 11.3 Å². The maximum Gasteiger partial charge on any atom is 0.320 e. The zero-order valence-corrected chi connectivity index (χ0v) is 12.3. The van der Waals surface area contributed by atoms with E-state index in [9.17, 15) is 9.90 Å². The average molecular weight is 276 g/mol. The van der Waals surface area contributed by atoms with Gasteiger partial charge in [0.25, 0.3) is 0 Å². The summed E-state index contributed by atoms with van der Waals surface area (Å²) in [5.74, 6) is -0.281. The Morgan fingerprint density at radius 2 is 2.35 bits per heavy atom. The van der Waals surface area contributed by atoms with Gasteiger partial charge in [-0.05, 0) is 49.9 Å². The van der Waals surface area contributed by atoms with E-state index in [0.29, 0.717) is 18.9 Å². The summed E-state index contributed by atoms with van der Waals surface area (Å²) >= 11 is 0. The first-order chi connectivity index (χ1) is 9.60. The van der Waals surface area contributed by atoms with E-state index in [2.05, 4.69) is 41.4 Å². The van der Waals surface area contributed by atoms with Crippen LogP contribution in [0.2, 0.25) is 0 Å². The van der Waals surface area contributed by atoms with Gasteiger partial charge in [0, 0.05) is 18.8 Å².